The highest BCUT2D eigenvalue weighted by molar-refractivity contribution is 6.22. The summed E-state index contributed by atoms with van der Waals surface area (Å²) in [4.78, 5) is 27.0. The second-order valence-corrected chi connectivity index (χ2v) is 6.86. The molecule has 2 saturated heterocycles. The van der Waals surface area contributed by atoms with Crippen molar-refractivity contribution in [2.45, 2.75) is 33.1 Å². The number of amides is 2. The van der Waals surface area contributed by atoms with Crippen LogP contribution >= 0.6 is 11.6 Å². The molecule has 4 nitrogen and oxygen atoms in total. The Morgan fingerprint density at radius 2 is 1.22 bits per heavy atom. The van der Waals surface area contributed by atoms with Crippen molar-refractivity contribution in [2.24, 2.45) is 10.8 Å². The van der Waals surface area contributed by atoms with Gasteiger partial charge in [-0.15, -0.1) is 11.6 Å². The predicted molar refractivity (Wildman–Crippen MR) is 70.4 cm³/mol. The summed E-state index contributed by atoms with van der Waals surface area (Å²) < 4.78 is 0. The van der Waals surface area contributed by atoms with Gasteiger partial charge in [-0.3, -0.25) is 9.59 Å². The monoisotopic (exact) mass is 272 g/mol. The Morgan fingerprint density at radius 1 is 0.944 bits per heavy atom. The molecule has 0 N–H and O–H groups in total. The molecule has 0 spiro atoms. The largest absolute Gasteiger partial charge is 0.342 e. The van der Waals surface area contributed by atoms with Gasteiger partial charge < -0.3 is 9.80 Å². The number of carbonyl (C=O) groups excluding carboxylic acids is 2. The standard InChI is InChI=1S/C13H21ClN2O2/c1-9(17)15-5-12(3)7-16(10(2)18)8-13(4,6-15)11(12)14/h11H,5-8H2,1-4H3. The fourth-order valence-corrected chi connectivity index (χ4v) is 3.84. The normalized spacial score (nSPS) is 39.7. The Balaban J connectivity index is 2.34. The van der Waals surface area contributed by atoms with Crippen molar-refractivity contribution >= 4 is 23.4 Å². The topological polar surface area (TPSA) is 40.6 Å². The summed E-state index contributed by atoms with van der Waals surface area (Å²) >= 11 is 6.63. The molecule has 2 fully saturated rings. The Hall–Kier alpha value is -0.770. The summed E-state index contributed by atoms with van der Waals surface area (Å²) in [6.45, 7) is 9.89. The minimum atomic E-state index is -0.218. The van der Waals surface area contributed by atoms with Crippen LogP contribution in [0.15, 0.2) is 0 Å². The first-order valence-corrected chi connectivity index (χ1v) is 6.77. The van der Waals surface area contributed by atoms with Crippen LogP contribution in [-0.4, -0.2) is 53.2 Å². The molecule has 2 amide bonds. The summed E-state index contributed by atoms with van der Waals surface area (Å²) in [5.74, 6) is 0.180. The van der Waals surface area contributed by atoms with Crippen molar-refractivity contribution in [1.29, 1.82) is 0 Å². The molecule has 5 heteroatoms. The van der Waals surface area contributed by atoms with E-state index in [0.29, 0.717) is 26.2 Å². The van der Waals surface area contributed by atoms with Crippen LogP contribution in [0.1, 0.15) is 27.7 Å². The van der Waals surface area contributed by atoms with Gasteiger partial charge in [0.2, 0.25) is 11.8 Å². The van der Waals surface area contributed by atoms with Crippen molar-refractivity contribution in [3.8, 4) is 0 Å². The molecular weight excluding hydrogens is 252 g/mol. The number of carbonyl (C=O) groups is 2. The lowest BCUT2D eigenvalue weighted by Crippen LogP contribution is -2.69. The minimum absolute atomic E-state index is 0.00352. The molecule has 102 valence electrons. The van der Waals surface area contributed by atoms with Gasteiger partial charge in [0.15, 0.2) is 0 Å². The molecule has 2 bridgehead atoms. The van der Waals surface area contributed by atoms with Gasteiger partial charge in [-0.05, 0) is 0 Å². The third-order valence-corrected chi connectivity index (χ3v) is 5.38. The van der Waals surface area contributed by atoms with Gasteiger partial charge in [-0.25, -0.2) is 0 Å². The second kappa shape index (κ2) is 4.12. The second-order valence-electron chi connectivity index (χ2n) is 6.42. The van der Waals surface area contributed by atoms with Gasteiger partial charge in [-0.2, -0.15) is 0 Å². The van der Waals surface area contributed by atoms with Gasteiger partial charge in [-0.1, -0.05) is 13.8 Å². The number of piperidine rings is 2. The van der Waals surface area contributed by atoms with E-state index in [2.05, 4.69) is 13.8 Å². The van der Waals surface area contributed by atoms with Crippen LogP contribution in [0.2, 0.25) is 0 Å². The van der Waals surface area contributed by atoms with E-state index in [1.165, 1.54) is 0 Å². The van der Waals surface area contributed by atoms with Crippen LogP contribution in [0.25, 0.3) is 0 Å². The van der Waals surface area contributed by atoms with Crippen LogP contribution in [-0.2, 0) is 9.59 Å². The first-order valence-electron chi connectivity index (χ1n) is 6.33. The Kier molecular flexibility index (Phi) is 3.13. The zero-order valence-electron chi connectivity index (χ0n) is 11.5. The maximum atomic E-state index is 11.6. The Morgan fingerprint density at radius 3 is 1.44 bits per heavy atom. The molecule has 2 aliphatic rings. The number of rotatable bonds is 0. The molecule has 18 heavy (non-hydrogen) atoms. The predicted octanol–water partition coefficient (Wildman–Crippen LogP) is 1.33. The molecule has 2 heterocycles. The molecule has 0 atom stereocenters. The van der Waals surface area contributed by atoms with Crippen LogP contribution in [0.5, 0.6) is 0 Å². The number of hydrogen-bond donors (Lipinski definition) is 0. The van der Waals surface area contributed by atoms with Crippen LogP contribution < -0.4 is 0 Å². The zero-order valence-corrected chi connectivity index (χ0v) is 12.3. The first-order chi connectivity index (χ1) is 8.18. The molecule has 2 aliphatic heterocycles. The van der Waals surface area contributed by atoms with Crippen molar-refractivity contribution in [2.75, 3.05) is 26.2 Å². The fourth-order valence-electron chi connectivity index (χ4n) is 3.56. The van der Waals surface area contributed by atoms with Gasteiger partial charge in [0, 0.05) is 50.9 Å². The van der Waals surface area contributed by atoms with Gasteiger partial charge >= 0.3 is 0 Å². The average Bonchev–Trinajstić information content (AvgIpc) is 2.22. The van der Waals surface area contributed by atoms with E-state index < -0.39 is 0 Å². The molecule has 2 rings (SSSR count). The summed E-state index contributed by atoms with van der Waals surface area (Å²) in [7, 11) is 0. The van der Waals surface area contributed by atoms with Crippen LogP contribution in [0, 0.1) is 10.8 Å². The van der Waals surface area contributed by atoms with Gasteiger partial charge in [0.05, 0.1) is 5.38 Å². The number of nitrogens with zero attached hydrogens (tertiary/aromatic N) is 2. The molecule has 0 aliphatic carbocycles. The zero-order chi connectivity index (χ0) is 13.7. The summed E-state index contributed by atoms with van der Waals surface area (Å²) in [5, 5.41) is -0.00352. The third-order valence-electron chi connectivity index (χ3n) is 4.32. The third kappa shape index (κ3) is 2.00. The van der Waals surface area contributed by atoms with Gasteiger partial charge in [0.1, 0.15) is 0 Å². The number of fused-ring (bicyclic) bond motifs is 2. The van der Waals surface area contributed by atoms with Crippen molar-refractivity contribution in [1.82, 2.24) is 9.80 Å². The van der Waals surface area contributed by atoms with E-state index in [1.54, 1.807) is 13.8 Å². The van der Waals surface area contributed by atoms with Crippen molar-refractivity contribution in [3.05, 3.63) is 0 Å². The summed E-state index contributed by atoms with van der Waals surface area (Å²) in [5.41, 5.74) is -0.436. The van der Waals surface area contributed by atoms with E-state index in [9.17, 15) is 9.59 Å². The lowest BCUT2D eigenvalue weighted by Gasteiger charge is -2.59. The average molecular weight is 273 g/mol. The smallest absolute Gasteiger partial charge is 0.219 e. The fraction of sp³-hybridized carbons (Fsp3) is 0.846. The highest BCUT2D eigenvalue weighted by Gasteiger charge is 2.56. The molecule has 0 saturated carbocycles. The van der Waals surface area contributed by atoms with E-state index in [-0.39, 0.29) is 28.0 Å². The summed E-state index contributed by atoms with van der Waals surface area (Å²) in [6, 6.07) is 0. The van der Waals surface area contributed by atoms with Crippen molar-refractivity contribution in [3.63, 3.8) is 0 Å². The Labute approximate surface area is 113 Å². The number of hydrogen-bond acceptors (Lipinski definition) is 2. The molecule has 0 aromatic rings. The van der Waals surface area contributed by atoms with E-state index in [4.69, 9.17) is 11.6 Å². The number of likely N-dealkylation sites (tertiary alicyclic amines) is 2. The van der Waals surface area contributed by atoms with Crippen LogP contribution in [0.3, 0.4) is 0 Å². The van der Waals surface area contributed by atoms with E-state index in [1.807, 2.05) is 9.80 Å². The lowest BCUT2D eigenvalue weighted by molar-refractivity contribution is -0.149. The first kappa shape index (κ1) is 13.7. The lowest BCUT2D eigenvalue weighted by atomic mass is 9.65. The Bertz CT molecular complexity index is 348. The molecule has 0 aromatic heterocycles. The quantitative estimate of drug-likeness (QED) is 0.624. The molecular formula is C13H21ClN2O2. The maximum absolute atomic E-state index is 11.6. The highest BCUT2D eigenvalue weighted by atomic mass is 35.5. The minimum Gasteiger partial charge on any atom is -0.342 e. The molecule has 0 radical (unpaired) electrons. The number of halogens is 1. The highest BCUT2D eigenvalue weighted by Crippen LogP contribution is 2.48. The molecule has 0 aromatic carbocycles. The number of alkyl halides is 1. The summed E-state index contributed by atoms with van der Waals surface area (Å²) in [6.07, 6.45) is 0. The van der Waals surface area contributed by atoms with Crippen LogP contribution in [0.4, 0.5) is 0 Å². The maximum Gasteiger partial charge on any atom is 0.219 e. The van der Waals surface area contributed by atoms with Gasteiger partial charge in [0.25, 0.3) is 0 Å². The van der Waals surface area contributed by atoms with E-state index >= 15 is 0 Å². The molecule has 0 unspecified atom stereocenters. The SMILES string of the molecule is CC(=O)N1CC2(C)CN(C(C)=O)CC(C)(C1)C2Cl. The van der Waals surface area contributed by atoms with E-state index in [0.717, 1.165) is 0 Å². The van der Waals surface area contributed by atoms with Crippen molar-refractivity contribution < 1.29 is 9.59 Å².